The van der Waals surface area contributed by atoms with E-state index < -0.39 is 0 Å². The largest absolute Gasteiger partial charge is 0.322 e. The monoisotopic (exact) mass is 510 g/mol. The van der Waals surface area contributed by atoms with Crippen LogP contribution >= 0.6 is 22.7 Å². The second-order valence-corrected chi connectivity index (χ2v) is 11.7. The molecule has 0 amide bonds. The van der Waals surface area contributed by atoms with Gasteiger partial charge in [0.15, 0.2) is 11.1 Å². The molecule has 1 aliphatic rings. The van der Waals surface area contributed by atoms with Crippen LogP contribution in [-0.2, 0) is 0 Å². The summed E-state index contributed by atoms with van der Waals surface area (Å²) in [7, 11) is 0. The van der Waals surface area contributed by atoms with E-state index in [0.29, 0.717) is 12.1 Å². The van der Waals surface area contributed by atoms with Gasteiger partial charge in [-0.25, -0.2) is 9.97 Å². The van der Waals surface area contributed by atoms with Gasteiger partial charge in [-0.15, -0.1) is 22.7 Å². The predicted octanol–water partition coefficient (Wildman–Crippen LogP) is 5.06. The Kier molecular flexibility index (Phi) is 6.04. The minimum atomic E-state index is -0.0808. The van der Waals surface area contributed by atoms with Gasteiger partial charge in [0.1, 0.15) is 18.0 Å². The number of aryl methyl sites for hydroxylation is 2. The Morgan fingerprint density at radius 3 is 1.72 bits per heavy atom. The summed E-state index contributed by atoms with van der Waals surface area (Å²) in [5.74, 6) is 1.25. The molecule has 180 valence electrons. The molecule has 6 nitrogen and oxygen atoms in total. The van der Waals surface area contributed by atoms with Crippen LogP contribution in [0.4, 0.5) is 11.4 Å². The van der Waals surface area contributed by atoms with E-state index >= 15 is 0 Å². The summed E-state index contributed by atoms with van der Waals surface area (Å²) in [6, 6.07) is 13.4. The molecule has 0 saturated carbocycles. The van der Waals surface area contributed by atoms with Crippen LogP contribution in [0.3, 0.4) is 0 Å². The topological polar surface area (TPSA) is 79.8 Å². The minimum Gasteiger partial charge on any atom is -0.322 e. The summed E-state index contributed by atoms with van der Waals surface area (Å²) in [6.45, 7) is 13.4. The van der Waals surface area contributed by atoms with Crippen LogP contribution in [0.25, 0.3) is 20.8 Å². The second kappa shape index (κ2) is 9.05. The SMILES string of the molecule is Cc1cc2c(cc1C)N(C(C)C)C(=c1cc3sc(=c4cnc(=C(C#N)C#N)nc4)cc3s1)N2C(C)C. The quantitative estimate of drug-likeness (QED) is 0.375. The first kappa shape index (κ1) is 24.0. The molecule has 0 radical (unpaired) electrons. The molecule has 0 spiro atoms. The molecular weight excluding hydrogens is 484 g/mol. The molecule has 36 heavy (non-hydrogen) atoms. The van der Waals surface area contributed by atoms with Gasteiger partial charge in [0.05, 0.1) is 15.9 Å². The number of hydrogen-bond acceptors (Lipinski definition) is 8. The van der Waals surface area contributed by atoms with Gasteiger partial charge in [0.2, 0.25) is 0 Å². The van der Waals surface area contributed by atoms with Crippen molar-refractivity contribution in [1.29, 1.82) is 10.5 Å². The lowest BCUT2D eigenvalue weighted by atomic mass is 10.1. The van der Waals surface area contributed by atoms with Gasteiger partial charge >= 0.3 is 0 Å². The van der Waals surface area contributed by atoms with Gasteiger partial charge in [-0.05, 0) is 76.9 Å². The smallest absolute Gasteiger partial charge is 0.180 e. The minimum absolute atomic E-state index is 0.0808. The average molecular weight is 511 g/mol. The maximum Gasteiger partial charge on any atom is 0.180 e. The average Bonchev–Trinajstić information content (AvgIpc) is 3.50. The van der Waals surface area contributed by atoms with Crippen LogP contribution in [0.15, 0.2) is 36.7 Å². The lowest BCUT2D eigenvalue weighted by molar-refractivity contribution is 0.755. The number of nitriles is 2. The van der Waals surface area contributed by atoms with Gasteiger partial charge in [-0.1, -0.05) is 0 Å². The van der Waals surface area contributed by atoms with E-state index in [1.807, 2.05) is 12.1 Å². The summed E-state index contributed by atoms with van der Waals surface area (Å²) in [6.07, 6.45) is 3.36. The number of thiophene rings is 2. The fourth-order valence-electron chi connectivity index (χ4n) is 4.60. The molecule has 1 aliphatic heterocycles. The first-order valence-electron chi connectivity index (χ1n) is 11.8. The number of benzene rings is 1. The van der Waals surface area contributed by atoms with Crippen molar-refractivity contribution in [2.45, 2.75) is 53.6 Å². The molecule has 0 fully saturated rings. The Balaban J connectivity index is 1.72. The zero-order chi connectivity index (χ0) is 25.7. The van der Waals surface area contributed by atoms with Crippen LogP contribution in [0.2, 0.25) is 0 Å². The highest BCUT2D eigenvalue weighted by atomic mass is 32.1. The van der Waals surface area contributed by atoms with Gasteiger partial charge in [0.25, 0.3) is 0 Å². The highest BCUT2D eigenvalue weighted by molar-refractivity contribution is 7.26. The molecule has 0 bridgehead atoms. The molecule has 8 heteroatoms. The van der Waals surface area contributed by atoms with E-state index in [-0.39, 0.29) is 11.1 Å². The Morgan fingerprint density at radius 2 is 1.25 bits per heavy atom. The van der Waals surface area contributed by atoms with E-state index in [9.17, 15) is 0 Å². The van der Waals surface area contributed by atoms with Gasteiger partial charge in [-0.2, -0.15) is 10.5 Å². The highest BCUT2D eigenvalue weighted by Crippen LogP contribution is 2.46. The highest BCUT2D eigenvalue weighted by Gasteiger charge is 2.35. The van der Waals surface area contributed by atoms with Crippen LogP contribution < -0.4 is 19.8 Å². The van der Waals surface area contributed by atoms with Crippen molar-refractivity contribution in [2.75, 3.05) is 9.80 Å². The normalized spacial score (nSPS) is 13.0. The van der Waals surface area contributed by atoms with Crippen molar-refractivity contribution >= 4 is 54.8 Å². The van der Waals surface area contributed by atoms with Gasteiger partial charge in [-0.3, -0.25) is 0 Å². The summed E-state index contributed by atoms with van der Waals surface area (Å²) < 4.78 is 4.76. The summed E-state index contributed by atoms with van der Waals surface area (Å²) >= 11 is 3.51. The molecule has 0 atom stereocenters. The molecule has 0 saturated heterocycles. The van der Waals surface area contributed by atoms with E-state index in [1.165, 1.54) is 42.3 Å². The number of fused-ring (bicyclic) bond motifs is 2. The molecule has 5 rings (SSSR count). The van der Waals surface area contributed by atoms with E-state index in [2.05, 4.69) is 85.6 Å². The lowest BCUT2D eigenvalue weighted by Crippen LogP contribution is -2.38. The molecule has 4 heterocycles. The fourth-order valence-corrected chi connectivity index (χ4v) is 7.01. The number of anilines is 2. The Morgan fingerprint density at radius 1 is 0.778 bits per heavy atom. The molecule has 0 N–H and O–H groups in total. The summed E-state index contributed by atoms with van der Waals surface area (Å²) in [4.78, 5) is 13.4. The van der Waals surface area contributed by atoms with Crippen LogP contribution in [-0.4, -0.2) is 22.1 Å². The van der Waals surface area contributed by atoms with Gasteiger partial charge < -0.3 is 9.80 Å². The van der Waals surface area contributed by atoms with Crippen molar-refractivity contribution in [3.8, 4) is 12.1 Å². The number of aromatic nitrogens is 2. The van der Waals surface area contributed by atoms with Crippen LogP contribution in [0.5, 0.6) is 0 Å². The third-order valence-electron chi connectivity index (χ3n) is 6.41. The maximum absolute atomic E-state index is 9.04. The third kappa shape index (κ3) is 3.83. The molecule has 1 aromatic carbocycles. The number of hydrogen-bond donors (Lipinski definition) is 0. The molecule has 0 aliphatic carbocycles. The van der Waals surface area contributed by atoms with Crippen molar-refractivity contribution in [3.05, 3.63) is 67.5 Å². The zero-order valence-electron chi connectivity index (χ0n) is 21.1. The fraction of sp³-hybridized carbons (Fsp3) is 0.286. The van der Waals surface area contributed by atoms with E-state index in [1.54, 1.807) is 35.1 Å². The molecule has 4 aromatic rings. The first-order valence-corrected chi connectivity index (χ1v) is 13.5. The van der Waals surface area contributed by atoms with Crippen LogP contribution in [0, 0.1) is 46.3 Å². The third-order valence-corrected chi connectivity index (χ3v) is 8.75. The lowest BCUT2D eigenvalue weighted by Gasteiger charge is -2.30. The van der Waals surface area contributed by atoms with Crippen LogP contribution in [0.1, 0.15) is 38.8 Å². The van der Waals surface area contributed by atoms with Crippen molar-refractivity contribution in [2.24, 2.45) is 0 Å². The standard InChI is InChI=1S/C28H26N6S2/c1-15(2)33-21-7-17(5)18(6)8-22(21)34(16(3)4)28(33)26-10-25-24(36-26)9-23(35-25)20-13-31-27(32-14-20)19(11-29)12-30/h7-10,13-16H,1-6H3. The van der Waals surface area contributed by atoms with Gasteiger partial charge in [0, 0.05) is 43.6 Å². The number of nitrogens with zero attached hydrogens (tertiary/aromatic N) is 6. The van der Waals surface area contributed by atoms with Crippen molar-refractivity contribution < 1.29 is 0 Å². The summed E-state index contributed by atoms with van der Waals surface area (Å²) in [5.41, 5.74) is 5.25. The Bertz CT molecular complexity index is 1690. The Labute approximate surface area is 218 Å². The molecular formula is C28H26N6S2. The maximum atomic E-state index is 9.04. The van der Waals surface area contributed by atoms with Crippen molar-refractivity contribution in [3.63, 3.8) is 0 Å². The Hall–Kier alpha value is -3.72. The first-order chi connectivity index (χ1) is 17.2. The molecule has 3 aromatic heterocycles. The summed E-state index contributed by atoms with van der Waals surface area (Å²) in [5, 5.41) is 19.0. The van der Waals surface area contributed by atoms with E-state index in [0.717, 1.165) is 9.75 Å². The zero-order valence-corrected chi connectivity index (χ0v) is 22.8. The van der Waals surface area contributed by atoms with Crippen molar-refractivity contribution in [1.82, 2.24) is 9.97 Å². The second-order valence-electron chi connectivity index (χ2n) is 9.52. The predicted molar refractivity (Wildman–Crippen MR) is 148 cm³/mol. The molecule has 0 unspecified atom stereocenters. The van der Waals surface area contributed by atoms with E-state index in [4.69, 9.17) is 10.5 Å². The number of rotatable bonds is 2.